The molecule has 2 nitrogen and oxygen atoms in total. The van der Waals surface area contributed by atoms with Gasteiger partial charge in [-0.25, -0.2) is 0 Å². The minimum atomic E-state index is -0.355. The van der Waals surface area contributed by atoms with Crippen LogP contribution in [0.2, 0.25) is 0 Å². The molecule has 0 heterocycles. The lowest BCUT2D eigenvalue weighted by molar-refractivity contribution is 0.118. The van der Waals surface area contributed by atoms with Crippen LogP contribution in [0.1, 0.15) is 6.42 Å². The topological polar surface area (TPSA) is 29.5 Å². The molecule has 0 radical (unpaired) electrons. The number of alkyl halides is 1. The molecule has 1 aliphatic rings. The fraction of sp³-hybridized carbons (Fsp3) is 0.500. The molecule has 0 aliphatic heterocycles. The quantitative estimate of drug-likeness (QED) is 0.715. The molecule has 0 aromatic carbocycles. The molecule has 0 aromatic heterocycles. The first-order chi connectivity index (χ1) is 5.20. The molecule has 1 atom stereocenters. The van der Waals surface area contributed by atoms with E-state index in [9.17, 15) is 0 Å². The number of hydrogen-bond donors (Lipinski definition) is 1. The van der Waals surface area contributed by atoms with Gasteiger partial charge in [0.05, 0.1) is 6.61 Å². The molecule has 3 heteroatoms. The van der Waals surface area contributed by atoms with Crippen LogP contribution in [-0.2, 0) is 4.74 Å². The molecule has 0 amide bonds. The Bertz CT molecular complexity index is 198. The van der Waals surface area contributed by atoms with Crippen LogP contribution in [-0.4, -0.2) is 23.3 Å². The fourth-order valence-corrected chi connectivity index (χ4v) is 1.20. The zero-order valence-electron chi connectivity index (χ0n) is 6.38. The van der Waals surface area contributed by atoms with E-state index in [1.165, 1.54) is 0 Å². The minimum absolute atomic E-state index is 0.100. The smallest absolute Gasteiger partial charge is 0.144 e. The van der Waals surface area contributed by atoms with Gasteiger partial charge in [-0.1, -0.05) is 12.2 Å². The lowest BCUT2D eigenvalue weighted by Crippen LogP contribution is -2.21. The number of methoxy groups -OCH3 is 1. The van der Waals surface area contributed by atoms with Crippen LogP contribution in [0.3, 0.4) is 0 Å². The summed E-state index contributed by atoms with van der Waals surface area (Å²) < 4.78 is 4.82. The average Bonchev–Trinajstić information content (AvgIpc) is 2.06. The number of rotatable bonds is 2. The summed E-state index contributed by atoms with van der Waals surface area (Å²) in [5.41, 5.74) is 0.942. The van der Waals surface area contributed by atoms with Crippen molar-refractivity contribution in [2.75, 3.05) is 13.7 Å². The highest BCUT2D eigenvalue weighted by molar-refractivity contribution is 9.10. The Hall–Kier alpha value is -0.120. The van der Waals surface area contributed by atoms with E-state index in [1.807, 2.05) is 18.2 Å². The van der Waals surface area contributed by atoms with Crippen molar-refractivity contribution in [1.29, 1.82) is 0 Å². The Kier molecular flexibility index (Phi) is 2.87. The highest BCUT2D eigenvalue weighted by atomic mass is 79.9. The lowest BCUT2D eigenvalue weighted by Gasteiger charge is -2.23. The first-order valence-electron chi connectivity index (χ1n) is 3.43. The van der Waals surface area contributed by atoms with E-state index in [0.717, 1.165) is 12.0 Å². The van der Waals surface area contributed by atoms with Gasteiger partial charge in [-0.15, -0.1) is 0 Å². The molecule has 0 spiro atoms. The van der Waals surface area contributed by atoms with E-state index in [-0.39, 0.29) is 11.1 Å². The van der Waals surface area contributed by atoms with E-state index < -0.39 is 0 Å². The Morgan fingerprint density at radius 3 is 2.91 bits per heavy atom. The van der Waals surface area contributed by atoms with Crippen LogP contribution in [0.5, 0.6) is 0 Å². The highest BCUT2D eigenvalue weighted by Crippen LogP contribution is 2.29. The largest absolute Gasteiger partial charge is 0.392 e. The van der Waals surface area contributed by atoms with Gasteiger partial charge in [0, 0.05) is 13.5 Å². The lowest BCUT2D eigenvalue weighted by atomic mass is 10.1. The van der Waals surface area contributed by atoms with Crippen molar-refractivity contribution in [1.82, 2.24) is 0 Å². The van der Waals surface area contributed by atoms with Crippen molar-refractivity contribution in [3.8, 4) is 0 Å². The van der Waals surface area contributed by atoms with E-state index in [1.54, 1.807) is 7.11 Å². The summed E-state index contributed by atoms with van der Waals surface area (Å²) in [4.78, 5) is 0. The molecule has 0 fully saturated rings. The van der Waals surface area contributed by atoms with Gasteiger partial charge in [0.25, 0.3) is 0 Å². The van der Waals surface area contributed by atoms with Gasteiger partial charge >= 0.3 is 0 Å². The first-order valence-corrected chi connectivity index (χ1v) is 4.23. The number of aliphatic hydroxyl groups is 1. The third-order valence-electron chi connectivity index (χ3n) is 1.71. The summed E-state index contributed by atoms with van der Waals surface area (Å²) in [6, 6.07) is 0. The Labute approximate surface area is 74.7 Å². The van der Waals surface area contributed by atoms with Crippen molar-refractivity contribution in [2.45, 2.75) is 10.9 Å². The number of ether oxygens (including phenoxy) is 1. The van der Waals surface area contributed by atoms with Crippen LogP contribution in [0.15, 0.2) is 23.8 Å². The van der Waals surface area contributed by atoms with E-state index in [2.05, 4.69) is 15.9 Å². The molecule has 0 aromatic rings. The van der Waals surface area contributed by atoms with Gasteiger partial charge in [-0.3, -0.25) is 0 Å². The molecular weight excluding hydrogens is 208 g/mol. The van der Waals surface area contributed by atoms with E-state index in [0.29, 0.717) is 0 Å². The molecule has 0 saturated carbocycles. The summed E-state index contributed by atoms with van der Waals surface area (Å²) >= 11 is 3.42. The maximum absolute atomic E-state index is 8.76. The molecular formula is C8H11BrO2. The first kappa shape index (κ1) is 8.97. The standard InChI is InChI=1S/C8H11BrO2/c1-11-8(9)4-2-7(6-10)3-5-8/h2-4,10H,5-6H2,1H3. The maximum Gasteiger partial charge on any atom is 0.144 e. The van der Waals surface area contributed by atoms with Crippen molar-refractivity contribution < 1.29 is 9.84 Å². The van der Waals surface area contributed by atoms with Crippen LogP contribution in [0.4, 0.5) is 0 Å². The molecule has 62 valence electrons. The zero-order valence-corrected chi connectivity index (χ0v) is 7.97. The Balaban J connectivity index is 2.63. The predicted octanol–water partition coefficient (Wildman–Crippen LogP) is 1.60. The van der Waals surface area contributed by atoms with Gasteiger partial charge in [0.2, 0.25) is 0 Å². The summed E-state index contributed by atoms with van der Waals surface area (Å²) in [6.07, 6.45) is 6.48. The third kappa shape index (κ3) is 2.15. The summed E-state index contributed by atoms with van der Waals surface area (Å²) in [5, 5.41) is 8.76. The summed E-state index contributed by atoms with van der Waals surface area (Å²) in [5.74, 6) is 0. The second kappa shape index (κ2) is 3.52. The average molecular weight is 219 g/mol. The van der Waals surface area contributed by atoms with Crippen molar-refractivity contribution in [2.24, 2.45) is 0 Å². The highest BCUT2D eigenvalue weighted by Gasteiger charge is 2.23. The predicted molar refractivity (Wildman–Crippen MR) is 47.6 cm³/mol. The SMILES string of the molecule is COC1(Br)C=CC(CO)=CC1. The Morgan fingerprint density at radius 2 is 2.55 bits per heavy atom. The fourth-order valence-electron chi connectivity index (χ4n) is 0.906. The van der Waals surface area contributed by atoms with Gasteiger partial charge < -0.3 is 9.84 Å². The molecule has 1 aliphatic carbocycles. The zero-order chi connectivity index (χ0) is 8.32. The van der Waals surface area contributed by atoms with Crippen LogP contribution < -0.4 is 0 Å². The molecule has 1 rings (SSSR count). The number of aliphatic hydroxyl groups excluding tert-OH is 1. The van der Waals surface area contributed by atoms with E-state index in [4.69, 9.17) is 9.84 Å². The monoisotopic (exact) mass is 218 g/mol. The number of halogens is 1. The van der Waals surface area contributed by atoms with Gasteiger partial charge in [0.1, 0.15) is 4.51 Å². The van der Waals surface area contributed by atoms with Crippen molar-refractivity contribution >= 4 is 15.9 Å². The molecule has 0 bridgehead atoms. The van der Waals surface area contributed by atoms with Crippen LogP contribution in [0, 0.1) is 0 Å². The van der Waals surface area contributed by atoms with Crippen LogP contribution in [0.25, 0.3) is 0 Å². The molecule has 1 N–H and O–H groups in total. The molecule has 11 heavy (non-hydrogen) atoms. The summed E-state index contributed by atoms with van der Waals surface area (Å²) in [6.45, 7) is 0.100. The molecule has 1 unspecified atom stereocenters. The van der Waals surface area contributed by atoms with Gasteiger partial charge in [0.15, 0.2) is 0 Å². The summed E-state index contributed by atoms with van der Waals surface area (Å²) in [7, 11) is 1.65. The van der Waals surface area contributed by atoms with E-state index >= 15 is 0 Å². The van der Waals surface area contributed by atoms with Gasteiger partial charge in [-0.05, 0) is 27.6 Å². The van der Waals surface area contributed by atoms with Crippen LogP contribution >= 0.6 is 15.9 Å². The van der Waals surface area contributed by atoms with Gasteiger partial charge in [-0.2, -0.15) is 0 Å². The number of hydrogen-bond acceptors (Lipinski definition) is 2. The second-order valence-electron chi connectivity index (χ2n) is 2.46. The normalized spacial score (nSPS) is 30.3. The Morgan fingerprint density at radius 1 is 1.82 bits per heavy atom. The molecule has 0 saturated heterocycles. The minimum Gasteiger partial charge on any atom is -0.392 e. The second-order valence-corrected chi connectivity index (χ2v) is 3.81. The maximum atomic E-state index is 8.76. The third-order valence-corrected chi connectivity index (χ3v) is 2.62. The van der Waals surface area contributed by atoms with Crippen molar-refractivity contribution in [3.05, 3.63) is 23.8 Å². The van der Waals surface area contributed by atoms with Crippen molar-refractivity contribution in [3.63, 3.8) is 0 Å².